The number of unbranched alkanes of at least 4 members (excludes halogenated alkanes) is 11. The molecule has 1 atom stereocenters. The third-order valence-electron chi connectivity index (χ3n) is 12.5. The van der Waals surface area contributed by atoms with E-state index in [1.54, 1.807) is 0 Å². The van der Waals surface area contributed by atoms with Crippen molar-refractivity contribution in [3.8, 4) is 0 Å². The van der Waals surface area contributed by atoms with Crippen LogP contribution in [0.1, 0.15) is 146 Å². The second-order valence-electron chi connectivity index (χ2n) is 17.3. The molecule has 4 aromatic rings. The van der Waals surface area contributed by atoms with Crippen LogP contribution in [-0.4, -0.2) is 111 Å². The molecular formula is C46H71Cl4N10O5+. The Morgan fingerprint density at radius 2 is 1.26 bits per heavy atom. The van der Waals surface area contributed by atoms with Crippen molar-refractivity contribution < 1.29 is 28.4 Å². The van der Waals surface area contributed by atoms with Gasteiger partial charge in [-0.3, -0.25) is 9.59 Å². The molecule has 1 fully saturated rings. The first kappa shape index (κ1) is 53.0. The third-order valence-corrected chi connectivity index (χ3v) is 13.5. The van der Waals surface area contributed by atoms with Gasteiger partial charge in [-0.1, -0.05) is 66.5 Å². The van der Waals surface area contributed by atoms with E-state index in [1.165, 1.54) is 39.9 Å². The fraction of sp³-hybridized carbons (Fsp3) is 0.739. The summed E-state index contributed by atoms with van der Waals surface area (Å²) in [6.07, 6.45) is 20.0. The Bertz CT molecular complexity index is 2090. The molecule has 1 aliphatic rings. The monoisotopic (exact) mass is 983 g/mol. The number of nitrogens with zero attached hydrogens (tertiary/aromatic N) is 9. The number of piperidine rings is 1. The first-order valence-electron chi connectivity index (χ1n) is 23.9. The van der Waals surface area contributed by atoms with Gasteiger partial charge in [0.1, 0.15) is 17.4 Å². The number of carbonyl (C=O) groups is 2. The molecule has 0 bridgehead atoms. The number of hydrogen-bond donors (Lipinski definition) is 1. The largest absolute Gasteiger partial charge is 0.469 e. The molecule has 0 spiro atoms. The summed E-state index contributed by atoms with van der Waals surface area (Å²) in [5, 5.41) is 4.48. The van der Waals surface area contributed by atoms with E-state index in [0.717, 1.165) is 153 Å². The molecule has 1 unspecified atom stereocenters. The van der Waals surface area contributed by atoms with Gasteiger partial charge < -0.3 is 33.6 Å². The van der Waals surface area contributed by atoms with E-state index in [4.69, 9.17) is 75.6 Å². The number of halogens is 4. The summed E-state index contributed by atoms with van der Waals surface area (Å²) >= 11 is 26.9. The Morgan fingerprint density at radius 1 is 0.677 bits per heavy atom. The van der Waals surface area contributed by atoms with Crippen molar-refractivity contribution in [3.05, 3.63) is 32.5 Å². The second kappa shape index (κ2) is 28.4. The average Bonchev–Trinajstić information content (AvgIpc) is 3.78. The summed E-state index contributed by atoms with van der Waals surface area (Å²) < 4.78 is 21.9. The summed E-state index contributed by atoms with van der Waals surface area (Å²) in [5.41, 5.74) is 2.57. The molecule has 65 heavy (non-hydrogen) atoms. The van der Waals surface area contributed by atoms with Gasteiger partial charge in [0.25, 0.3) is 5.65 Å². The van der Waals surface area contributed by atoms with E-state index in [0.29, 0.717) is 41.4 Å². The van der Waals surface area contributed by atoms with Gasteiger partial charge in [-0.05, 0) is 132 Å². The molecule has 1 saturated heterocycles. The highest BCUT2D eigenvalue weighted by Gasteiger charge is 2.32. The van der Waals surface area contributed by atoms with Crippen molar-refractivity contribution in [1.29, 1.82) is 0 Å². The summed E-state index contributed by atoms with van der Waals surface area (Å²) in [4.78, 5) is 48.2. The van der Waals surface area contributed by atoms with Gasteiger partial charge in [-0.25, -0.2) is 14.5 Å². The first-order chi connectivity index (χ1) is 31.5. The molecule has 0 aliphatic carbocycles. The van der Waals surface area contributed by atoms with Crippen LogP contribution in [0, 0.1) is 13.8 Å². The smallest absolute Gasteiger partial charge is 0.336 e. The molecule has 0 saturated carbocycles. The van der Waals surface area contributed by atoms with Crippen LogP contribution in [0.15, 0.2) is 0 Å². The predicted molar refractivity (Wildman–Crippen MR) is 257 cm³/mol. The highest BCUT2D eigenvalue weighted by Crippen LogP contribution is 2.29. The molecule has 0 aromatic carbocycles. The molecule has 1 aliphatic heterocycles. The number of aryl methyl sites for hydroxylation is 3. The number of fused-ring (bicyclic) bond motifs is 2. The zero-order valence-corrected chi connectivity index (χ0v) is 42.1. The van der Waals surface area contributed by atoms with Crippen molar-refractivity contribution >= 4 is 80.7 Å². The predicted octanol–water partition coefficient (Wildman–Crippen LogP) is 9.77. The number of esters is 2. The second-order valence-corrected chi connectivity index (χ2v) is 18.7. The molecule has 0 amide bonds. The molecule has 5 heterocycles. The van der Waals surface area contributed by atoms with Crippen LogP contribution in [0.25, 0.3) is 22.3 Å². The van der Waals surface area contributed by atoms with Crippen LogP contribution in [0.2, 0.25) is 20.9 Å². The van der Waals surface area contributed by atoms with E-state index in [1.807, 2.05) is 23.0 Å². The Kier molecular flexibility index (Phi) is 23.2. The van der Waals surface area contributed by atoms with Gasteiger partial charge in [0.2, 0.25) is 10.4 Å². The average molecular weight is 986 g/mol. The first-order valence-corrected chi connectivity index (χ1v) is 25.4. The van der Waals surface area contributed by atoms with Gasteiger partial charge in [0.05, 0.1) is 26.9 Å². The van der Waals surface area contributed by atoms with Crippen molar-refractivity contribution in [2.24, 2.45) is 0 Å². The standard InChI is InChI=1S/C46H71Cl4N10O5/c1-33-52-43-39(41(47)54-45(49)56-43)59(33)32-35(20-14-18-27-57-29-23-36(24-30-57)65-31-19-11-13-22-38(62)64-4)60-44-40(42(48)55-46(60)50)58(34(2)53-44)28-17-10-6-5-8-15-25-51-26-16-9-7-12-21-37(61)63-3/h35-36,51H,5-32H2,1-4H3/q+1. The van der Waals surface area contributed by atoms with Crippen LogP contribution in [0.5, 0.6) is 0 Å². The van der Waals surface area contributed by atoms with Gasteiger partial charge >= 0.3 is 17.2 Å². The number of likely N-dealkylation sites (tertiary alicyclic amines) is 1. The van der Waals surface area contributed by atoms with Gasteiger partial charge in [-0.2, -0.15) is 4.98 Å². The zero-order chi connectivity index (χ0) is 46.6. The Morgan fingerprint density at radius 3 is 1.94 bits per heavy atom. The van der Waals surface area contributed by atoms with E-state index in [9.17, 15) is 9.59 Å². The Hall–Kier alpha value is -2.92. The zero-order valence-electron chi connectivity index (χ0n) is 39.0. The van der Waals surface area contributed by atoms with E-state index < -0.39 is 0 Å². The molecule has 362 valence electrons. The number of ether oxygens (including phenoxy) is 3. The SMILES string of the molecule is COC(=O)CCCCCCNCCCCCCCCn1c(C)nc2c1c(Cl)nc(Cl)[n+]2C(CCCCN1CCC(OCCCCCC(=O)OC)CC1)Cn1c(C)nc2nc(Cl)nc(Cl)c21. The van der Waals surface area contributed by atoms with Crippen LogP contribution >= 0.6 is 46.4 Å². The normalized spacial score (nSPS) is 14.2. The summed E-state index contributed by atoms with van der Waals surface area (Å²) in [5.74, 6) is 1.34. The van der Waals surface area contributed by atoms with Crippen LogP contribution in [-0.2, 0) is 36.9 Å². The maximum absolute atomic E-state index is 11.4. The minimum atomic E-state index is -0.167. The van der Waals surface area contributed by atoms with E-state index in [-0.39, 0.29) is 39.8 Å². The summed E-state index contributed by atoms with van der Waals surface area (Å²) in [6, 6.07) is -0.167. The summed E-state index contributed by atoms with van der Waals surface area (Å²) in [6.45, 7) is 11.1. The number of hydrogen-bond acceptors (Lipinski definition) is 12. The molecule has 1 N–H and O–H groups in total. The van der Waals surface area contributed by atoms with Gasteiger partial charge in [0.15, 0.2) is 22.1 Å². The molecule has 0 radical (unpaired) electrons. The minimum absolute atomic E-state index is 0.0510. The molecular weight excluding hydrogens is 914 g/mol. The Labute approximate surface area is 405 Å². The number of nitrogens with one attached hydrogen (secondary N) is 1. The number of rotatable bonds is 31. The van der Waals surface area contributed by atoms with Gasteiger partial charge in [-0.15, -0.1) is 0 Å². The number of methoxy groups -OCH3 is 2. The number of carbonyl (C=O) groups excluding carboxylic acids is 2. The number of imidazole rings is 2. The fourth-order valence-electron chi connectivity index (χ4n) is 8.85. The minimum Gasteiger partial charge on any atom is -0.469 e. The van der Waals surface area contributed by atoms with E-state index >= 15 is 0 Å². The lowest BCUT2D eigenvalue weighted by Crippen LogP contribution is -2.45. The maximum Gasteiger partial charge on any atom is 0.336 e. The molecule has 4 aromatic heterocycles. The number of aromatic nitrogens is 8. The topological polar surface area (TPSA) is 155 Å². The third kappa shape index (κ3) is 16.7. The van der Waals surface area contributed by atoms with Crippen molar-refractivity contribution in [3.63, 3.8) is 0 Å². The van der Waals surface area contributed by atoms with Crippen LogP contribution < -0.4 is 9.88 Å². The maximum atomic E-state index is 11.4. The van der Waals surface area contributed by atoms with Crippen molar-refractivity contribution in [2.45, 2.75) is 167 Å². The quantitative estimate of drug-likeness (QED) is 0.0168. The van der Waals surface area contributed by atoms with Crippen LogP contribution in [0.3, 0.4) is 0 Å². The van der Waals surface area contributed by atoms with E-state index in [2.05, 4.69) is 24.8 Å². The molecule has 5 rings (SSSR count). The Balaban J connectivity index is 1.15. The highest BCUT2D eigenvalue weighted by atomic mass is 35.5. The summed E-state index contributed by atoms with van der Waals surface area (Å²) in [7, 11) is 2.88. The fourth-order valence-corrected chi connectivity index (χ4v) is 9.94. The molecule has 19 heteroatoms. The van der Waals surface area contributed by atoms with Crippen molar-refractivity contribution in [2.75, 3.05) is 53.6 Å². The lowest BCUT2D eigenvalue weighted by Gasteiger charge is -2.32. The van der Waals surface area contributed by atoms with Gasteiger partial charge in [0, 0.05) is 46.0 Å². The van der Waals surface area contributed by atoms with Crippen molar-refractivity contribution in [1.82, 2.24) is 44.3 Å². The lowest BCUT2D eigenvalue weighted by molar-refractivity contribution is -0.703. The lowest BCUT2D eigenvalue weighted by atomic mass is 10.1. The highest BCUT2D eigenvalue weighted by molar-refractivity contribution is 6.35. The van der Waals surface area contributed by atoms with Crippen LogP contribution in [0.4, 0.5) is 0 Å². The molecule has 15 nitrogen and oxygen atoms in total.